The van der Waals surface area contributed by atoms with Crippen LogP contribution in [-0.2, 0) is 45.1 Å². The van der Waals surface area contributed by atoms with Crippen LogP contribution < -0.4 is 10.6 Å². The Hall–Kier alpha value is -5.11. The molecule has 0 aromatic heterocycles. The molecule has 4 aromatic carbocycles. The molecule has 2 amide bonds. The predicted octanol–water partition coefficient (Wildman–Crippen LogP) is 4.70. The fourth-order valence-electron chi connectivity index (χ4n) is 4.13. The van der Waals surface area contributed by atoms with Gasteiger partial charge in [0, 0.05) is 12.8 Å². The van der Waals surface area contributed by atoms with Gasteiger partial charge in [-0.15, -0.1) is 0 Å². The van der Waals surface area contributed by atoms with Crippen LogP contribution in [-0.4, -0.2) is 35.2 Å². The van der Waals surface area contributed by atoms with E-state index < -0.39 is 30.1 Å². The highest BCUT2D eigenvalue weighted by atomic mass is 16.5. The normalized spacial score (nSPS) is 12.0. The molecule has 0 heterocycles. The number of carbonyl (C=O) groups is 3. The molecule has 0 fully saturated rings. The molecule has 2 atom stereocenters. The van der Waals surface area contributed by atoms with Gasteiger partial charge in [0.25, 0.3) is 0 Å². The molecular weight excluding hydrogens is 520 g/mol. The number of rotatable bonds is 12. The lowest BCUT2D eigenvalue weighted by Gasteiger charge is -2.23. The summed E-state index contributed by atoms with van der Waals surface area (Å²) < 4.78 is 10.9. The average molecular weight is 553 g/mol. The summed E-state index contributed by atoms with van der Waals surface area (Å²) in [5.74, 6) is -1.10. The molecule has 0 unspecified atom stereocenters. The molecule has 0 radical (unpaired) electrons. The van der Waals surface area contributed by atoms with Gasteiger partial charge in [-0.25, -0.2) is 9.59 Å². The SMILES string of the molecule is O=C(N[C@@H](Cc1ccccc1)C(=O)N[C@@H](Cc1ccc(O)cc1)C(=O)OCc1ccccc1)OCc1ccccc1. The number of benzene rings is 4. The van der Waals surface area contributed by atoms with Crippen molar-refractivity contribution >= 4 is 18.0 Å². The molecule has 0 saturated heterocycles. The number of alkyl carbamates (subject to hydrolysis) is 1. The smallest absolute Gasteiger partial charge is 0.408 e. The van der Waals surface area contributed by atoms with Gasteiger partial charge in [-0.2, -0.15) is 0 Å². The monoisotopic (exact) mass is 552 g/mol. The molecule has 0 bridgehead atoms. The Labute approximate surface area is 238 Å². The lowest BCUT2D eigenvalue weighted by atomic mass is 10.0. The van der Waals surface area contributed by atoms with Crippen LogP contribution in [0.25, 0.3) is 0 Å². The number of phenolic OH excluding ortho intramolecular Hbond substituents is 1. The van der Waals surface area contributed by atoms with E-state index in [2.05, 4.69) is 10.6 Å². The predicted molar refractivity (Wildman–Crippen MR) is 154 cm³/mol. The fourth-order valence-corrected chi connectivity index (χ4v) is 4.13. The third-order valence-electron chi connectivity index (χ3n) is 6.31. The Bertz CT molecular complexity index is 1400. The van der Waals surface area contributed by atoms with Gasteiger partial charge < -0.3 is 25.2 Å². The zero-order chi connectivity index (χ0) is 28.9. The maximum Gasteiger partial charge on any atom is 0.408 e. The van der Waals surface area contributed by atoms with Crippen molar-refractivity contribution in [2.75, 3.05) is 0 Å². The average Bonchev–Trinajstić information content (AvgIpc) is 3.00. The van der Waals surface area contributed by atoms with Crippen LogP contribution >= 0.6 is 0 Å². The Morgan fingerprint density at radius 1 is 0.561 bits per heavy atom. The van der Waals surface area contributed by atoms with Gasteiger partial charge in [0.05, 0.1) is 0 Å². The van der Waals surface area contributed by atoms with Crippen LogP contribution in [0.2, 0.25) is 0 Å². The maximum absolute atomic E-state index is 13.6. The van der Waals surface area contributed by atoms with E-state index in [-0.39, 0.29) is 31.8 Å². The van der Waals surface area contributed by atoms with E-state index in [9.17, 15) is 19.5 Å². The van der Waals surface area contributed by atoms with Crippen molar-refractivity contribution in [3.8, 4) is 5.75 Å². The molecule has 8 nitrogen and oxygen atoms in total. The second kappa shape index (κ2) is 14.9. The molecule has 8 heteroatoms. The Kier molecular flexibility index (Phi) is 10.5. The van der Waals surface area contributed by atoms with E-state index in [4.69, 9.17) is 9.47 Å². The topological polar surface area (TPSA) is 114 Å². The van der Waals surface area contributed by atoms with Gasteiger partial charge in [0.1, 0.15) is 31.0 Å². The van der Waals surface area contributed by atoms with Crippen LogP contribution in [0, 0.1) is 0 Å². The number of hydrogen-bond donors (Lipinski definition) is 3. The first-order chi connectivity index (χ1) is 20.0. The molecule has 3 N–H and O–H groups in total. The second-order valence-electron chi connectivity index (χ2n) is 9.47. The quantitative estimate of drug-likeness (QED) is 0.220. The zero-order valence-electron chi connectivity index (χ0n) is 22.4. The molecule has 41 heavy (non-hydrogen) atoms. The van der Waals surface area contributed by atoms with Gasteiger partial charge in [-0.1, -0.05) is 103 Å². The van der Waals surface area contributed by atoms with E-state index in [1.165, 1.54) is 12.1 Å². The Morgan fingerprint density at radius 2 is 1.02 bits per heavy atom. The van der Waals surface area contributed by atoms with Crippen molar-refractivity contribution in [1.29, 1.82) is 0 Å². The molecule has 0 aliphatic carbocycles. The Balaban J connectivity index is 1.48. The first kappa shape index (κ1) is 28.9. The minimum Gasteiger partial charge on any atom is -0.508 e. The summed E-state index contributed by atoms with van der Waals surface area (Å²) in [6.07, 6.45) is -0.458. The van der Waals surface area contributed by atoms with Crippen molar-refractivity contribution < 1.29 is 29.0 Å². The maximum atomic E-state index is 13.6. The van der Waals surface area contributed by atoms with Crippen LogP contribution in [0.5, 0.6) is 5.75 Å². The number of nitrogens with one attached hydrogen (secondary N) is 2. The number of hydrogen-bond acceptors (Lipinski definition) is 6. The number of aromatic hydroxyl groups is 1. The molecule has 0 aliphatic heterocycles. The van der Waals surface area contributed by atoms with Crippen LogP contribution in [0.15, 0.2) is 115 Å². The van der Waals surface area contributed by atoms with Crippen molar-refractivity contribution in [2.45, 2.75) is 38.1 Å². The van der Waals surface area contributed by atoms with E-state index in [1.54, 1.807) is 12.1 Å². The molecule has 210 valence electrons. The van der Waals surface area contributed by atoms with E-state index >= 15 is 0 Å². The third-order valence-corrected chi connectivity index (χ3v) is 6.31. The van der Waals surface area contributed by atoms with E-state index in [0.717, 1.165) is 16.7 Å². The summed E-state index contributed by atoms with van der Waals surface area (Å²) in [5.41, 5.74) is 3.14. The zero-order valence-corrected chi connectivity index (χ0v) is 22.4. The van der Waals surface area contributed by atoms with Crippen molar-refractivity contribution in [3.63, 3.8) is 0 Å². The largest absolute Gasteiger partial charge is 0.508 e. The molecular formula is C33H32N2O6. The standard InChI is InChI=1S/C33H32N2O6/c36-28-18-16-25(17-19-28)21-30(32(38)40-22-26-12-6-2-7-13-26)34-31(37)29(20-24-10-4-1-5-11-24)35-33(39)41-23-27-14-8-3-9-15-27/h1-19,29-30,36H,20-23H2,(H,34,37)(H,35,39)/t29-,30-/m0/s1. The number of ether oxygens (including phenoxy) is 2. The minimum absolute atomic E-state index is 0.0408. The van der Waals surface area contributed by atoms with Gasteiger partial charge in [-0.05, 0) is 34.4 Å². The van der Waals surface area contributed by atoms with Crippen molar-refractivity contribution in [2.24, 2.45) is 0 Å². The fraction of sp³-hybridized carbons (Fsp3) is 0.182. The number of amides is 2. The van der Waals surface area contributed by atoms with Gasteiger partial charge in [0.15, 0.2) is 0 Å². The molecule has 0 saturated carbocycles. The summed E-state index contributed by atoms with van der Waals surface area (Å²) >= 11 is 0. The summed E-state index contributed by atoms with van der Waals surface area (Å²) in [6.45, 7) is 0.0841. The van der Waals surface area contributed by atoms with E-state index in [0.29, 0.717) is 5.56 Å². The molecule has 4 rings (SSSR count). The van der Waals surface area contributed by atoms with E-state index in [1.807, 2.05) is 91.0 Å². The highest BCUT2D eigenvalue weighted by molar-refractivity contribution is 5.90. The highest BCUT2D eigenvalue weighted by Crippen LogP contribution is 2.13. The summed E-state index contributed by atoms with van der Waals surface area (Å²) in [7, 11) is 0. The van der Waals surface area contributed by atoms with Gasteiger partial charge in [-0.3, -0.25) is 4.79 Å². The van der Waals surface area contributed by atoms with Crippen LogP contribution in [0.3, 0.4) is 0 Å². The van der Waals surface area contributed by atoms with Gasteiger partial charge in [0.2, 0.25) is 5.91 Å². The number of carbonyl (C=O) groups excluding carboxylic acids is 3. The lowest BCUT2D eigenvalue weighted by molar-refractivity contribution is -0.149. The molecule has 4 aromatic rings. The first-order valence-corrected chi connectivity index (χ1v) is 13.3. The molecule has 0 spiro atoms. The van der Waals surface area contributed by atoms with Crippen molar-refractivity contribution in [3.05, 3.63) is 138 Å². The second-order valence-corrected chi connectivity index (χ2v) is 9.47. The van der Waals surface area contributed by atoms with Gasteiger partial charge >= 0.3 is 12.1 Å². The Morgan fingerprint density at radius 3 is 1.59 bits per heavy atom. The number of esters is 1. The van der Waals surface area contributed by atoms with Crippen LogP contribution in [0.4, 0.5) is 4.79 Å². The highest BCUT2D eigenvalue weighted by Gasteiger charge is 2.29. The number of phenols is 1. The lowest BCUT2D eigenvalue weighted by Crippen LogP contribution is -2.53. The summed E-state index contributed by atoms with van der Waals surface area (Å²) in [4.78, 5) is 39.4. The first-order valence-electron chi connectivity index (χ1n) is 13.3. The van der Waals surface area contributed by atoms with Crippen LogP contribution in [0.1, 0.15) is 22.3 Å². The molecule has 0 aliphatic rings. The summed E-state index contributed by atoms with van der Waals surface area (Å²) in [5, 5.41) is 15.1. The van der Waals surface area contributed by atoms with Crippen molar-refractivity contribution in [1.82, 2.24) is 10.6 Å². The summed E-state index contributed by atoms with van der Waals surface area (Å²) in [6, 6.07) is 31.9. The minimum atomic E-state index is -1.05. The third kappa shape index (κ3) is 9.54.